The molecule has 2 unspecified atom stereocenters. The molecule has 0 spiro atoms. The molecule has 2 rings (SSSR count). The molecule has 0 bridgehead atoms. The van der Waals surface area contributed by atoms with Crippen molar-refractivity contribution in [2.75, 3.05) is 44.9 Å². The number of amides is 2. The Balaban J connectivity index is 1.99. The van der Waals surface area contributed by atoms with Crippen LogP contribution in [0.1, 0.15) is 12.8 Å². The minimum absolute atomic E-state index is 0.126. The molecular weight excluding hydrogens is 280 g/mol. The second kappa shape index (κ2) is 7.17. The number of likely N-dealkylation sites (tertiary alicyclic amines) is 1. The second-order valence-electron chi connectivity index (χ2n) is 5.31. The van der Waals surface area contributed by atoms with Crippen molar-refractivity contribution >= 4 is 23.8 Å². The van der Waals surface area contributed by atoms with Crippen LogP contribution in [-0.4, -0.2) is 77.8 Å². The summed E-state index contributed by atoms with van der Waals surface area (Å²) in [5.74, 6) is 0.748. The molecule has 2 heterocycles. The number of hydrogen-bond acceptors (Lipinski definition) is 4. The van der Waals surface area contributed by atoms with Crippen LogP contribution in [0.4, 0.5) is 4.79 Å². The van der Waals surface area contributed by atoms with Crippen molar-refractivity contribution < 1.29 is 19.4 Å². The van der Waals surface area contributed by atoms with E-state index in [2.05, 4.69) is 0 Å². The quantitative estimate of drug-likeness (QED) is 0.841. The van der Waals surface area contributed by atoms with Gasteiger partial charge in [0.2, 0.25) is 0 Å². The van der Waals surface area contributed by atoms with Crippen molar-refractivity contribution in [1.82, 2.24) is 9.80 Å². The minimum atomic E-state index is -0.906. The van der Waals surface area contributed by atoms with Crippen molar-refractivity contribution in [3.05, 3.63) is 0 Å². The molecule has 1 N–H and O–H groups in total. The molecule has 20 heavy (non-hydrogen) atoms. The van der Waals surface area contributed by atoms with E-state index in [0.29, 0.717) is 31.4 Å². The van der Waals surface area contributed by atoms with E-state index in [4.69, 9.17) is 4.74 Å². The minimum Gasteiger partial charge on any atom is -0.480 e. The second-order valence-corrected chi connectivity index (χ2v) is 6.46. The van der Waals surface area contributed by atoms with E-state index in [0.717, 1.165) is 25.1 Å². The Morgan fingerprint density at radius 2 is 2.20 bits per heavy atom. The number of aliphatic carboxylic acids is 1. The maximum Gasteiger partial charge on any atom is 0.327 e. The highest BCUT2D eigenvalue weighted by molar-refractivity contribution is 7.99. The number of hydrogen-bond donors (Lipinski definition) is 1. The third-order valence-electron chi connectivity index (χ3n) is 3.85. The number of methoxy groups -OCH3 is 1. The van der Waals surface area contributed by atoms with Crippen LogP contribution in [0.25, 0.3) is 0 Å². The van der Waals surface area contributed by atoms with Crippen molar-refractivity contribution in [3.63, 3.8) is 0 Å². The van der Waals surface area contributed by atoms with Crippen LogP contribution < -0.4 is 0 Å². The molecule has 2 saturated heterocycles. The highest BCUT2D eigenvalue weighted by Gasteiger charge is 2.36. The Bertz CT molecular complexity index is 364. The molecule has 114 valence electrons. The van der Waals surface area contributed by atoms with Crippen molar-refractivity contribution in [2.24, 2.45) is 5.92 Å². The van der Waals surface area contributed by atoms with Crippen LogP contribution in [0.5, 0.6) is 0 Å². The fourth-order valence-electron chi connectivity index (χ4n) is 2.83. The monoisotopic (exact) mass is 302 g/mol. The summed E-state index contributed by atoms with van der Waals surface area (Å²) < 4.78 is 5.17. The molecule has 2 fully saturated rings. The van der Waals surface area contributed by atoms with Gasteiger partial charge in [-0.15, -0.1) is 0 Å². The number of ether oxygens (including phenoxy) is 1. The molecule has 0 aliphatic carbocycles. The number of carboxylic acids is 1. The number of carbonyl (C=O) groups excluding carboxylic acids is 1. The zero-order valence-electron chi connectivity index (χ0n) is 11.8. The number of piperidine rings is 1. The predicted molar refractivity (Wildman–Crippen MR) is 77.0 cm³/mol. The molecule has 0 aromatic rings. The third kappa shape index (κ3) is 3.58. The van der Waals surface area contributed by atoms with E-state index >= 15 is 0 Å². The summed E-state index contributed by atoms with van der Waals surface area (Å²) in [7, 11) is 1.67. The first-order valence-electron chi connectivity index (χ1n) is 6.98. The zero-order chi connectivity index (χ0) is 14.5. The zero-order valence-corrected chi connectivity index (χ0v) is 12.6. The standard InChI is InChI=1S/C13H22N2O4S/c1-19-8-10-3-2-4-14(7-10)13(18)15-5-6-20-9-11(15)12(16)17/h10-11H,2-9H2,1H3,(H,16,17). The fraction of sp³-hybridized carbons (Fsp3) is 0.846. The molecule has 0 saturated carbocycles. The van der Waals surface area contributed by atoms with Crippen LogP contribution >= 0.6 is 11.8 Å². The van der Waals surface area contributed by atoms with Gasteiger partial charge in [0.1, 0.15) is 6.04 Å². The molecule has 7 heteroatoms. The van der Waals surface area contributed by atoms with E-state index in [9.17, 15) is 14.7 Å². The summed E-state index contributed by atoms with van der Waals surface area (Å²) in [5.41, 5.74) is 0. The van der Waals surface area contributed by atoms with Gasteiger partial charge < -0.3 is 19.6 Å². The van der Waals surface area contributed by atoms with Gasteiger partial charge in [-0.1, -0.05) is 0 Å². The molecule has 0 aromatic heterocycles. The summed E-state index contributed by atoms with van der Waals surface area (Å²) >= 11 is 1.59. The normalized spacial score (nSPS) is 27.4. The Labute approximate surface area is 123 Å². The molecule has 2 aliphatic heterocycles. The number of thioether (sulfide) groups is 1. The first-order valence-corrected chi connectivity index (χ1v) is 8.14. The number of carboxylic acid groups (broad SMARTS) is 1. The topological polar surface area (TPSA) is 70.1 Å². The summed E-state index contributed by atoms with van der Waals surface area (Å²) in [4.78, 5) is 27.1. The summed E-state index contributed by atoms with van der Waals surface area (Å²) in [6.07, 6.45) is 2.02. The number of rotatable bonds is 3. The molecule has 2 aliphatic rings. The molecule has 0 aromatic carbocycles. The fourth-order valence-corrected chi connectivity index (χ4v) is 3.87. The maximum absolute atomic E-state index is 12.6. The number of urea groups is 1. The van der Waals surface area contributed by atoms with Gasteiger partial charge in [-0.3, -0.25) is 0 Å². The average Bonchev–Trinajstić information content (AvgIpc) is 2.47. The van der Waals surface area contributed by atoms with Gasteiger partial charge in [0.15, 0.2) is 0 Å². The highest BCUT2D eigenvalue weighted by Crippen LogP contribution is 2.22. The smallest absolute Gasteiger partial charge is 0.327 e. The summed E-state index contributed by atoms with van der Waals surface area (Å²) in [5, 5.41) is 9.25. The van der Waals surface area contributed by atoms with E-state index in [1.165, 1.54) is 4.90 Å². The lowest BCUT2D eigenvalue weighted by molar-refractivity contribution is -0.141. The largest absolute Gasteiger partial charge is 0.480 e. The first-order chi connectivity index (χ1) is 9.63. The van der Waals surface area contributed by atoms with Crippen molar-refractivity contribution in [2.45, 2.75) is 18.9 Å². The molecule has 6 nitrogen and oxygen atoms in total. The Morgan fingerprint density at radius 1 is 1.40 bits per heavy atom. The van der Waals surface area contributed by atoms with Gasteiger partial charge in [-0.2, -0.15) is 11.8 Å². The highest BCUT2D eigenvalue weighted by atomic mass is 32.2. The van der Waals surface area contributed by atoms with Crippen LogP contribution in [0, 0.1) is 5.92 Å². The first kappa shape index (κ1) is 15.4. The van der Waals surface area contributed by atoms with Gasteiger partial charge in [0, 0.05) is 44.2 Å². The SMILES string of the molecule is COCC1CCCN(C(=O)N2CCSCC2C(=O)O)C1. The van der Waals surface area contributed by atoms with Crippen LogP contribution in [0.3, 0.4) is 0 Å². The Morgan fingerprint density at radius 3 is 2.90 bits per heavy atom. The summed E-state index contributed by atoms with van der Waals surface area (Å²) in [6, 6.07) is -0.817. The maximum atomic E-state index is 12.6. The van der Waals surface area contributed by atoms with Gasteiger partial charge in [-0.25, -0.2) is 9.59 Å². The van der Waals surface area contributed by atoms with E-state index in [-0.39, 0.29) is 6.03 Å². The summed E-state index contributed by atoms with van der Waals surface area (Å²) in [6.45, 7) is 2.56. The predicted octanol–water partition coefficient (Wildman–Crippen LogP) is 0.967. The van der Waals surface area contributed by atoms with Crippen molar-refractivity contribution in [1.29, 1.82) is 0 Å². The number of carbonyl (C=O) groups is 2. The molecule has 2 atom stereocenters. The van der Waals surface area contributed by atoms with Crippen molar-refractivity contribution in [3.8, 4) is 0 Å². The Hall–Kier alpha value is -0.950. The molecular formula is C13H22N2O4S. The lowest BCUT2D eigenvalue weighted by Gasteiger charge is -2.39. The van der Waals surface area contributed by atoms with Gasteiger partial charge >= 0.3 is 12.0 Å². The van der Waals surface area contributed by atoms with E-state index < -0.39 is 12.0 Å². The van der Waals surface area contributed by atoms with Gasteiger partial charge in [0.05, 0.1) is 6.61 Å². The third-order valence-corrected chi connectivity index (χ3v) is 4.87. The van der Waals surface area contributed by atoms with Gasteiger partial charge in [-0.05, 0) is 12.8 Å². The number of nitrogens with zero attached hydrogens (tertiary/aromatic N) is 2. The molecule has 0 radical (unpaired) electrons. The van der Waals surface area contributed by atoms with E-state index in [1.54, 1.807) is 23.8 Å². The van der Waals surface area contributed by atoms with Crippen LogP contribution in [0.15, 0.2) is 0 Å². The Kier molecular flexibility index (Phi) is 5.54. The lowest BCUT2D eigenvalue weighted by atomic mass is 9.99. The van der Waals surface area contributed by atoms with E-state index in [1.807, 2.05) is 0 Å². The van der Waals surface area contributed by atoms with Gasteiger partial charge in [0.25, 0.3) is 0 Å². The van der Waals surface area contributed by atoms with Crippen LogP contribution in [0.2, 0.25) is 0 Å². The average molecular weight is 302 g/mol. The molecule has 2 amide bonds. The lowest BCUT2D eigenvalue weighted by Crippen LogP contribution is -2.56. The van der Waals surface area contributed by atoms with Crippen LogP contribution in [-0.2, 0) is 9.53 Å².